The van der Waals surface area contributed by atoms with Gasteiger partial charge in [-0.25, -0.2) is 0 Å². The fourth-order valence-corrected chi connectivity index (χ4v) is 3.19. The fourth-order valence-electron chi connectivity index (χ4n) is 3.19. The minimum atomic E-state index is 0.258. The molecule has 0 fully saturated rings. The van der Waals surface area contributed by atoms with E-state index in [1.807, 2.05) is 24.3 Å². The lowest BCUT2D eigenvalue weighted by atomic mass is 9.74. The first-order valence-electron chi connectivity index (χ1n) is 7.58. The van der Waals surface area contributed by atoms with Gasteiger partial charge in [0.05, 0.1) is 0 Å². The van der Waals surface area contributed by atoms with E-state index in [-0.39, 0.29) is 5.92 Å². The van der Waals surface area contributed by atoms with Crippen LogP contribution in [0.3, 0.4) is 0 Å². The Morgan fingerprint density at radius 2 is 1.90 bits per heavy atom. The number of hydrogen-bond donors (Lipinski definition) is 1. The highest BCUT2D eigenvalue weighted by atomic mass is 16.1. The van der Waals surface area contributed by atoms with Crippen molar-refractivity contribution >= 4 is 11.5 Å². The van der Waals surface area contributed by atoms with Crippen LogP contribution in [0.4, 0.5) is 5.69 Å². The molecular formula is C19H21NO. The van der Waals surface area contributed by atoms with Gasteiger partial charge in [-0.2, -0.15) is 0 Å². The zero-order chi connectivity index (χ0) is 14.8. The van der Waals surface area contributed by atoms with Crippen molar-refractivity contribution in [2.75, 3.05) is 5.73 Å². The second-order valence-corrected chi connectivity index (χ2v) is 6.11. The fraction of sp³-hybridized carbons (Fsp3) is 0.316. The van der Waals surface area contributed by atoms with Crippen molar-refractivity contribution in [2.45, 2.75) is 38.0 Å². The van der Waals surface area contributed by atoms with E-state index in [0.717, 1.165) is 12.1 Å². The van der Waals surface area contributed by atoms with E-state index in [4.69, 9.17) is 5.73 Å². The zero-order valence-corrected chi connectivity index (χ0v) is 12.4. The second kappa shape index (κ2) is 5.72. The lowest BCUT2D eigenvalue weighted by molar-refractivity contribution is -0.119. The van der Waals surface area contributed by atoms with Gasteiger partial charge in [0.15, 0.2) is 0 Å². The van der Waals surface area contributed by atoms with Crippen molar-refractivity contribution in [1.82, 2.24) is 0 Å². The molecular weight excluding hydrogens is 258 g/mol. The molecule has 0 aliphatic heterocycles. The number of carbonyl (C=O) groups is 1. The standard InChI is InChI=1S/C19H21NO/c1-13(14-6-8-17(20)9-7-14)10-18(21)12-16-11-15-4-2-3-5-19(15)16/h2-9,13,16H,10-12,20H2,1H3. The highest BCUT2D eigenvalue weighted by molar-refractivity contribution is 5.80. The zero-order valence-electron chi connectivity index (χ0n) is 12.4. The van der Waals surface area contributed by atoms with E-state index in [2.05, 4.69) is 31.2 Å². The summed E-state index contributed by atoms with van der Waals surface area (Å²) >= 11 is 0. The summed E-state index contributed by atoms with van der Waals surface area (Å²) in [5, 5.41) is 0. The molecule has 0 radical (unpaired) electrons. The third-order valence-electron chi connectivity index (χ3n) is 4.47. The molecule has 0 bridgehead atoms. The van der Waals surface area contributed by atoms with E-state index in [1.54, 1.807) is 0 Å². The molecule has 1 aliphatic rings. The molecule has 2 atom stereocenters. The van der Waals surface area contributed by atoms with E-state index < -0.39 is 0 Å². The van der Waals surface area contributed by atoms with Gasteiger partial charge in [0, 0.05) is 18.5 Å². The smallest absolute Gasteiger partial charge is 0.134 e. The maximum Gasteiger partial charge on any atom is 0.134 e. The molecule has 3 rings (SSSR count). The van der Waals surface area contributed by atoms with E-state index in [1.165, 1.54) is 16.7 Å². The van der Waals surface area contributed by atoms with Crippen molar-refractivity contribution in [3.05, 3.63) is 65.2 Å². The summed E-state index contributed by atoms with van der Waals surface area (Å²) in [5.41, 5.74) is 10.4. The van der Waals surface area contributed by atoms with Gasteiger partial charge in [0.2, 0.25) is 0 Å². The predicted octanol–water partition coefficient (Wildman–Crippen LogP) is 4.06. The number of fused-ring (bicyclic) bond motifs is 1. The molecule has 0 saturated carbocycles. The van der Waals surface area contributed by atoms with Crippen LogP contribution in [0.5, 0.6) is 0 Å². The lowest BCUT2D eigenvalue weighted by Gasteiger charge is -2.29. The maximum atomic E-state index is 12.3. The Morgan fingerprint density at radius 1 is 1.19 bits per heavy atom. The van der Waals surface area contributed by atoms with Gasteiger partial charge in [-0.1, -0.05) is 43.3 Å². The number of nitrogen functional groups attached to an aromatic ring is 1. The maximum absolute atomic E-state index is 12.3. The number of carbonyl (C=O) groups excluding carboxylic acids is 1. The van der Waals surface area contributed by atoms with Crippen LogP contribution in [-0.2, 0) is 11.2 Å². The summed E-state index contributed by atoms with van der Waals surface area (Å²) in [7, 11) is 0. The third-order valence-corrected chi connectivity index (χ3v) is 4.47. The van der Waals surface area contributed by atoms with E-state index in [9.17, 15) is 4.79 Å². The Hall–Kier alpha value is -2.09. The van der Waals surface area contributed by atoms with Crippen LogP contribution in [-0.4, -0.2) is 5.78 Å². The number of hydrogen-bond acceptors (Lipinski definition) is 2. The van der Waals surface area contributed by atoms with Gasteiger partial charge in [-0.3, -0.25) is 4.79 Å². The normalized spacial score (nSPS) is 17.7. The molecule has 0 heterocycles. The Balaban J connectivity index is 1.56. The highest BCUT2D eigenvalue weighted by Crippen LogP contribution is 2.38. The molecule has 1 aliphatic carbocycles. The SMILES string of the molecule is CC(CC(=O)CC1Cc2ccccc21)c1ccc(N)cc1. The Morgan fingerprint density at radius 3 is 2.62 bits per heavy atom. The molecule has 108 valence electrons. The van der Waals surface area contributed by atoms with Crippen LogP contribution in [0.2, 0.25) is 0 Å². The second-order valence-electron chi connectivity index (χ2n) is 6.11. The molecule has 2 N–H and O–H groups in total. The van der Waals surface area contributed by atoms with Gasteiger partial charge in [0.1, 0.15) is 5.78 Å². The molecule has 2 aromatic rings. The van der Waals surface area contributed by atoms with Gasteiger partial charge in [0.25, 0.3) is 0 Å². The third kappa shape index (κ3) is 2.99. The first kappa shape index (κ1) is 13.9. The van der Waals surface area contributed by atoms with Gasteiger partial charge < -0.3 is 5.73 Å². The Labute approximate surface area is 126 Å². The molecule has 2 unspecified atom stereocenters. The van der Waals surface area contributed by atoms with Crippen LogP contribution >= 0.6 is 0 Å². The average molecular weight is 279 g/mol. The van der Waals surface area contributed by atoms with Crippen LogP contribution < -0.4 is 5.73 Å². The van der Waals surface area contributed by atoms with E-state index in [0.29, 0.717) is 24.5 Å². The summed E-state index contributed by atoms with van der Waals surface area (Å²) in [6.45, 7) is 2.11. The number of ketones is 1. The van der Waals surface area contributed by atoms with Crippen LogP contribution in [0.15, 0.2) is 48.5 Å². The molecule has 0 spiro atoms. The summed E-state index contributed by atoms with van der Waals surface area (Å²) in [6, 6.07) is 16.3. The number of benzene rings is 2. The molecule has 0 saturated heterocycles. The molecule has 21 heavy (non-hydrogen) atoms. The number of rotatable bonds is 5. The average Bonchev–Trinajstić information content (AvgIpc) is 2.45. The lowest BCUT2D eigenvalue weighted by Crippen LogP contribution is -2.20. The van der Waals surface area contributed by atoms with Crippen LogP contribution in [0.1, 0.15) is 48.3 Å². The Bertz CT molecular complexity index is 645. The van der Waals surface area contributed by atoms with Gasteiger partial charge in [-0.15, -0.1) is 0 Å². The van der Waals surface area contributed by atoms with Crippen molar-refractivity contribution in [3.63, 3.8) is 0 Å². The summed E-state index contributed by atoms with van der Waals surface area (Å²) in [6.07, 6.45) is 2.34. The highest BCUT2D eigenvalue weighted by Gasteiger charge is 2.27. The van der Waals surface area contributed by atoms with Crippen molar-refractivity contribution in [2.24, 2.45) is 0 Å². The largest absolute Gasteiger partial charge is 0.399 e. The quantitative estimate of drug-likeness (QED) is 0.839. The van der Waals surface area contributed by atoms with Crippen molar-refractivity contribution < 1.29 is 4.79 Å². The van der Waals surface area contributed by atoms with Gasteiger partial charge >= 0.3 is 0 Å². The summed E-state index contributed by atoms with van der Waals surface area (Å²) in [5.74, 6) is 1.06. The van der Waals surface area contributed by atoms with Crippen molar-refractivity contribution in [1.29, 1.82) is 0 Å². The molecule has 2 heteroatoms. The van der Waals surface area contributed by atoms with Crippen molar-refractivity contribution in [3.8, 4) is 0 Å². The monoisotopic (exact) mass is 279 g/mol. The number of anilines is 1. The number of Topliss-reactive ketones (excluding diaryl/α,β-unsaturated/α-hetero) is 1. The first-order valence-corrected chi connectivity index (χ1v) is 7.58. The summed E-state index contributed by atoms with van der Waals surface area (Å²) in [4.78, 5) is 12.3. The first-order chi connectivity index (χ1) is 10.1. The molecule has 2 nitrogen and oxygen atoms in total. The topological polar surface area (TPSA) is 43.1 Å². The number of nitrogens with two attached hydrogens (primary N) is 1. The molecule has 2 aromatic carbocycles. The molecule has 0 aromatic heterocycles. The van der Waals surface area contributed by atoms with Crippen LogP contribution in [0.25, 0.3) is 0 Å². The minimum absolute atomic E-state index is 0.258. The minimum Gasteiger partial charge on any atom is -0.399 e. The summed E-state index contributed by atoms with van der Waals surface area (Å²) < 4.78 is 0. The van der Waals surface area contributed by atoms with Gasteiger partial charge in [-0.05, 0) is 47.1 Å². The predicted molar refractivity (Wildman–Crippen MR) is 86.4 cm³/mol. The Kier molecular flexibility index (Phi) is 3.78. The molecule has 0 amide bonds. The van der Waals surface area contributed by atoms with Crippen LogP contribution in [0, 0.1) is 0 Å². The van der Waals surface area contributed by atoms with E-state index >= 15 is 0 Å².